The molecule has 1 aliphatic rings. The van der Waals surface area contributed by atoms with Crippen LogP contribution in [0.2, 0.25) is 0 Å². The topological polar surface area (TPSA) is 23.6 Å². The van der Waals surface area contributed by atoms with Crippen LogP contribution in [0.4, 0.5) is 0 Å². The van der Waals surface area contributed by atoms with E-state index in [1.165, 1.54) is 12.8 Å². The lowest BCUT2D eigenvalue weighted by Crippen LogP contribution is -2.39. The Kier molecular flexibility index (Phi) is 6.87. The second-order valence-electron chi connectivity index (χ2n) is 6.38. The summed E-state index contributed by atoms with van der Waals surface area (Å²) < 4.78 is 0. The lowest BCUT2D eigenvalue weighted by molar-refractivity contribution is -0.124. The van der Waals surface area contributed by atoms with Gasteiger partial charge in [-0.1, -0.05) is 26.7 Å². The van der Waals surface area contributed by atoms with Crippen LogP contribution in [0.3, 0.4) is 0 Å². The second-order valence-corrected chi connectivity index (χ2v) is 6.38. The summed E-state index contributed by atoms with van der Waals surface area (Å²) in [4.78, 5) is 16.8. The molecule has 0 heterocycles. The Morgan fingerprint density at radius 1 is 1.17 bits per heavy atom. The van der Waals surface area contributed by atoms with Gasteiger partial charge >= 0.3 is 0 Å². The Morgan fingerprint density at radius 3 is 2.28 bits per heavy atom. The number of nitrogens with zero attached hydrogens (tertiary/aromatic N) is 2. The molecule has 1 fully saturated rings. The average Bonchev–Trinajstić information content (AvgIpc) is 2.78. The smallest absolute Gasteiger partial charge is 0.149 e. The Hall–Kier alpha value is -0.410. The summed E-state index contributed by atoms with van der Waals surface area (Å²) in [7, 11) is 4.18. The predicted octanol–water partition coefficient (Wildman–Crippen LogP) is 2.27. The molecule has 1 rings (SSSR count). The van der Waals surface area contributed by atoms with Crippen LogP contribution in [0.15, 0.2) is 0 Å². The van der Waals surface area contributed by atoms with E-state index in [1.54, 1.807) is 0 Å². The first-order chi connectivity index (χ1) is 8.49. The van der Waals surface area contributed by atoms with Crippen molar-refractivity contribution in [3.8, 4) is 0 Å². The van der Waals surface area contributed by atoms with Crippen LogP contribution in [0.5, 0.6) is 0 Å². The minimum atomic E-state index is 0.360. The molecule has 0 N–H and O–H groups in total. The molecule has 0 atom stereocenters. The zero-order valence-electron chi connectivity index (χ0n) is 12.6. The van der Waals surface area contributed by atoms with Crippen molar-refractivity contribution in [2.45, 2.75) is 39.5 Å². The summed E-state index contributed by atoms with van der Waals surface area (Å²) in [6.45, 7) is 8.18. The number of carbonyl (C=O) groups excluding carboxylic acids is 1. The summed E-state index contributed by atoms with van der Waals surface area (Å²) in [5.74, 6) is 1.47. The summed E-state index contributed by atoms with van der Waals surface area (Å²) >= 11 is 0. The predicted molar refractivity (Wildman–Crippen MR) is 76.8 cm³/mol. The molecular formula is C15H30N2O. The van der Waals surface area contributed by atoms with Crippen molar-refractivity contribution >= 4 is 5.78 Å². The number of hydrogen-bond acceptors (Lipinski definition) is 3. The van der Waals surface area contributed by atoms with Gasteiger partial charge in [0.1, 0.15) is 5.78 Å². The maximum atomic E-state index is 12.2. The molecule has 0 aromatic carbocycles. The van der Waals surface area contributed by atoms with Crippen LogP contribution in [0, 0.1) is 11.8 Å². The third-order valence-corrected chi connectivity index (χ3v) is 3.68. The van der Waals surface area contributed by atoms with Crippen LogP contribution in [0.1, 0.15) is 39.5 Å². The highest BCUT2D eigenvalue weighted by Gasteiger charge is 2.24. The quantitative estimate of drug-likeness (QED) is 0.664. The number of hydrogen-bond donors (Lipinski definition) is 0. The van der Waals surface area contributed by atoms with E-state index in [0.29, 0.717) is 24.2 Å². The minimum absolute atomic E-state index is 0.360. The van der Waals surface area contributed by atoms with Gasteiger partial charge in [0.05, 0.1) is 6.54 Å². The fourth-order valence-corrected chi connectivity index (χ4v) is 2.69. The van der Waals surface area contributed by atoms with Crippen molar-refractivity contribution in [3.63, 3.8) is 0 Å². The third kappa shape index (κ3) is 5.96. The Balaban J connectivity index is 2.40. The zero-order valence-corrected chi connectivity index (χ0v) is 12.6. The highest BCUT2D eigenvalue weighted by atomic mass is 16.1. The number of ketones is 1. The fourth-order valence-electron chi connectivity index (χ4n) is 2.69. The van der Waals surface area contributed by atoms with E-state index in [9.17, 15) is 4.79 Å². The Labute approximate surface area is 113 Å². The lowest BCUT2D eigenvalue weighted by Gasteiger charge is -2.26. The first kappa shape index (κ1) is 15.6. The number of rotatable bonds is 8. The zero-order chi connectivity index (χ0) is 13.5. The van der Waals surface area contributed by atoms with Crippen LogP contribution in [-0.4, -0.2) is 55.9 Å². The number of carbonyl (C=O) groups is 1. The van der Waals surface area contributed by atoms with E-state index in [1.807, 2.05) is 0 Å². The SMILES string of the molecule is CC(C)CN(CCN(C)C)CC(=O)C1CCCC1. The van der Waals surface area contributed by atoms with Gasteiger partial charge in [-0.2, -0.15) is 0 Å². The highest BCUT2D eigenvalue weighted by Crippen LogP contribution is 2.25. The Morgan fingerprint density at radius 2 is 1.78 bits per heavy atom. The van der Waals surface area contributed by atoms with Crippen LogP contribution in [-0.2, 0) is 4.79 Å². The standard InChI is InChI=1S/C15H30N2O/c1-13(2)11-17(10-9-16(3)4)12-15(18)14-7-5-6-8-14/h13-14H,5-12H2,1-4H3. The molecule has 0 aromatic heterocycles. The molecule has 0 aromatic rings. The maximum absolute atomic E-state index is 12.2. The monoisotopic (exact) mass is 254 g/mol. The van der Waals surface area contributed by atoms with Crippen LogP contribution < -0.4 is 0 Å². The maximum Gasteiger partial charge on any atom is 0.149 e. The van der Waals surface area contributed by atoms with Crippen molar-refractivity contribution in [2.75, 3.05) is 40.3 Å². The van der Waals surface area contributed by atoms with E-state index in [-0.39, 0.29) is 0 Å². The molecule has 3 heteroatoms. The molecular weight excluding hydrogens is 224 g/mol. The molecule has 0 unspecified atom stereocenters. The number of Topliss-reactive ketones (excluding diaryl/α,β-unsaturated/α-hetero) is 1. The highest BCUT2D eigenvalue weighted by molar-refractivity contribution is 5.83. The molecule has 0 saturated heterocycles. The van der Waals surface area contributed by atoms with Crippen molar-refractivity contribution in [1.29, 1.82) is 0 Å². The van der Waals surface area contributed by atoms with Gasteiger partial charge in [-0.15, -0.1) is 0 Å². The Bertz CT molecular complexity index is 245. The molecule has 3 nitrogen and oxygen atoms in total. The first-order valence-corrected chi connectivity index (χ1v) is 7.39. The second kappa shape index (κ2) is 7.90. The summed E-state index contributed by atoms with van der Waals surface area (Å²) in [5.41, 5.74) is 0. The van der Waals surface area contributed by atoms with Gasteiger partial charge in [0.15, 0.2) is 0 Å². The van der Waals surface area contributed by atoms with Gasteiger partial charge < -0.3 is 4.90 Å². The molecule has 0 spiro atoms. The van der Waals surface area contributed by atoms with E-state index < -0.39 is 0 Å². The van der Waals surface area contributed by atoms with Gasteiger partial charge in [0.25, 0.3) is 0 Å². The van der Waals surface area contributed by atoms with Crippen LogP contribution in [0.25, 0.3) is 0 Å². The summed E-state index contributed by atoms with van der Waals surface area (Å²) in [5, 5.41) is 0. The molecule has 0 radical (unpaired) electrons. The van der Waals surface area contributed by atoms with Crippen molar-refractivity contribution < 1.29 is 4.79 Å². The normalized spacial score (nSPS) is 17.3. The largest absolute Gasteiger partial charge is 0.308 e. The fraction of sp³-hybridized carbons (Fsp3) is 0.933. The summed E-state index contributed by atoms with van der Waals surface area (Å²) in [6, 6.07) is 0. The van der Waals surface area contributed by atoms with E-state index in [0.717, 1.165) is 32.5 Å². The molecule has 0 amide bonds. The van der Waals surface area contributed by atoms with E-state index >= 15 is 0 Å². The number of likely N-dealkylation sites (N-methyl/N-ethyl adjacent to an activating group) is 1. The molecule has 106 valence electrons. The minimum Gasteiger partial charge on any atom is -0.308 e. The molecule has 1 saturated carbocycles. The van der Waals surface area contributed by atoms with Gasteiger partial charge in [-0.05, 0) is 32.9 Å². The molecule has 1 aliphatic carbocycles. The van der Waals surface area contributed by atoms with Crippen molar-refractivity contribution in [1.82, 2.24) is 9.80 Å². The average molecular weight is 254 g/mol. The van der Waals surface area contributed by atoms with Gasteiger partial charge in [-0.3, -0.25) is 9.69 Å². The third-order valence-electron chi connectivity index (χ3n) is 3.68. The van der Waals surface area contributed by atoms with Gasteiger partial charge in [0, 0.05) is 25.6 Å². The van der Waals surface area contributed by atoms with Gasteiger partial charge in [0.2, 0.25) is 0 Å². The van der Waals surface area contributed by atoms with Gasteiger partial charge in [-0.25, -0.2) is 0 Å². The van der Waals surface area contributed by atoms with Crippen LogP contribution >= 0.6 is 0 Å². The lowest BCUT2D eigenvalue weighted by atomic mass is 10.0. The van der Waals surface area contributed by atoms with Crippen molar-refractivity contribution in [3.05, 3.63) is 0 Å². The summed E-state index contributed by atoms with van der Waals surface area (Å²) in [6.07, 6.45) is 4.75. The molecule has 0 bridgehead atoms. The van der Waals surface area contributed by atoms with E-state index in [2.05, 4.69) is 37.7 Å². The molecule has 18 heavy (non-hydrogen) atoms. The van der Waals surface area contributed by atoms with Crippen molar-refractivity contribution in [2.24, 2.45) is 11.8 Å². The molecule has 0 aliphatic heterocycles. The van der Waals surface area contributed by atoms with E-state index in [4.69, 9.17) is 0 Å². The first-order valence-electron chi connectivity index (χ1n) is 7.39.